The van der Waals surface area contributed by atoms with Gasteiger partial charge < -0.3 is 5.32 Å². The normalized spacial score (nSPS) is 17.6. The van der Waals surface area contributed by atoms with Gasteiger partial charge in [-0.2, -0.15) is 0 Å². The van der Waals surface area contributed by atoms with Crippen molar-refractivity contribution in [3.05, 3.63) is 10.6 Å². The van der Waals surface area contributed by atoms with Gasteiger partial charge in [-0.1, -0.05) is 37.6 Å². The minimum Gasteiger partial charge on any atom is -0.309 e. The van der Waals surface area contributed by atoms with E-state index in [4.69, 9.17) is 0 Å². The van der Waals surface area contributed by atoms with E-state index in [1.807, 2.05) is 0 Å². The van der Waals surface area contributed by atoms with E-state index in [1.54, 1.807) is 11.5 Å². The molecule has 1 fully saturated rings. The van der Waals surface area contributed by atoms with Crippen LogP contribution in [0.15, 0.2) is 0 Å². The van der Waals surface area contributed by atoms with Crippen molar-refractivity contribution in [2.45, 2.75) is 52.0 Å². The first-order valence-electron chi connectivity index (χ1n) is 6.39. The highest BCUT2D eigenvalue weighted by atomic mass is 32.1. The largest absolute Gasteiger partial charge is 0.309 e. The molecule has 1 aliphatic rings. The number of hydrogen-bond acceptors (Lipinski definition) is 4. The molecule has 0 spiro atoms. The van der Waals surface area contributed by atoms with Gasteiger partial charge in [-0.25, -0.2) is 0 Å². The number of aromatic nitrogens is 2. The Kier molecular flexibility index (Phi) is 4.29. The van der Waals surface area contributed by atoms with Crippen LogP contribution < -0.4 is 5.32 Å². The zero-order chi connectivity index (χ0) is 11.4. The smallest absolute Gasteiger partial charge is 0.0803 e. The van der Waals surface area contributed by atoms with Crippen molar-refractivity contribution in [3.8, 4) is 0 Å². The number of nitrogens with one attached hydrogen (secondary N) is 1. The molecule has 1 saturated carbocycles. The standard InChI is InChI=1S/C12H21N3S/c1-3-5-10-12(16-15-14-10)11(13-4-2)8-9-6-7-9/h9,11,13H,3-8H2,1-2H3. The molecule has 0 bridgehead atoms. The Hall–Kier alpha value is -0.480. The van der Waals surface area contributed by atoms with Crippen LogP contribution in [0, 0.1) is 5.92 Å². The summed E-state index contributed by atoms with van der Waals surface area (Å²) in [6, 6.07) is 0.499. The molecule has 1 aliphatic carbocycles. The van der Waals surface area contributed by atoms with Crippen molar-refractivity contribution in [2.24, 2.45) is 5.92 Å². The van der Waals surface area contributed by atoms with E-state index >= 15 is 0 Å². The summed E-state index contributed by atoms with van der Waals surface area (Å²) in [4.78, 5) is 1.38. The molecule has 0 radical (unpaired) electrons. The van der Waals surface area contributed by atoms with Gasteiger partial charge in [-0.15, -0.1) is 5.10 Å². The second kappa shape index (κ2) is 5.73. The summed E-state index contributed by atoms with van der Waals surface area (Å²) in [5, 5.41) is 7.85. The molecule has 0 aliphatic heterocycles. The summed E-state index contributed by atoms with van der Waals surface area (Å²) in [5.74, 6) is 0.945. The van der Waals surface area contributed by atoms with Gasteiger partial charge >= 0.3 is 0 Å². The van der Waals surface area contributed by atoms with Crippen molar-refractivity contribution in [1.29, 1.82) is 0 Å². The molecule has 4 heteroatoms. The molecule has 90 valence electrons. The van der Waals surface area contributed by atoms with Crippen LogP contribution in [0.4, 0.5) is 0 Å². The number of rotatable bonds is 7. The summed E-state index contributed by atoms with van der Waals surface area (Å²) in [7, 11) is 0. The lowest BCUT2D eigenvalue weighted by molar-refractivity contribution is 0.489. The fraction of sp³-hybridized carbons (Fsp3) is 0.833. The van der Waals surface area contributed by atoms with Crippen molar-refractivity contribution >= 4 is 11.5 Å². The van der Waals surface area contributed by atoms with E-state index in [2.05, 4.69) is 28.8 Å². The van der Waals surface area contributed by atoms with E-state index in [1.165, 1.54) is 29.8 Å². The van der Waals surface area contributed by atoms with Crippen molar-refractivity contribution in [1.82, 2.24) is 14.9 Å². The second-order valence-electron chi connectivity index (χ2n) is 4.62. The highest BCUT2D eigenvalue weighted by Gasteiger charge is 2.28. The molecule has 1 atom stereocenters. The average molecular weight is 239 g/mol. The maximum Gasteiger partial charge on any atom is 0.0803 e. The van der Waals surface area contributed by atoms with Gasteiger partial charge in [0, 0.05) is 6.04 Å². The van der Waals surface area contributed by atoms with Crippen molar-refractivity contribution in [2.75, 3.05) is 6.54 Å². The lowest BCUT2D eigenvalue weighted by Crippen LogP contribution is -2.21. The molecule has 1 aromatic rings. The molecule has 1 unspecified atom stereocenters. The molecule has 1 aromatic heterocycles. The fourth-order valence-electron chi connectivity index (χ4n) is 2.11. The molecule has 0 aromatic carbocycles. The monoisotopic (exact) mass is 239 g/mol. The Morgan fingerprint density at radius 3 is 2.88 bits per heavy atom. The summed E-state index contributed by atoms with van der Waals surface area (Å²) in [6.45, 7) is 5.40. The van der Waals surface area contributed by atoms with E-state index in [9.17, 15) is 0 Å². The number of aryl methyl sites for hydroxylation is 1. The lowest BCUT2D eigenvalue weighted by atomic mass is 10.1. The SMILES string of the molecule is CCCc1nnsc1C(CC1CC1)NCC. The Bertz CT molecular complexity index is 320. The van der Waals surface area contributed by atoms with Gasteiger partial charge in [0.05, 0.1) is 10.6 Å². The molecule has 1 N–H and O–H groups in total. The second-order valence-corrected chi connectivity index (χ2v) is 5.41. The average Bonchev–Trinajstić information content (AvgIpc) is 2.97. The first kappa shape index (κ1) is 12.0. The lowest BCUT2D eigenvalue weighted by Gasteiger charge is -2.16. The minimum absolute atomic E-state index is 0.499. The molecule has 0 saturated heterocycles. The molecule has 1 heterocycles. The minimum atomic E-state index is 0.499. The zero-order valence-electron chi connectivity index (χ0n) is 10.2. The van der Waals surface area contributed by atoms with Crippen LogP contribution in [0.25, 0.3) is 0 Å². The first-order valence-corrected chi connectivity index (χ1v) is 7.17. The predicted octanol–water partition coefficient (Wildman–Crippen LogP) is 2.94. The Morgan fingerprint density at radius 1 is 1.44 bits per heavy atom. The molecule has 2 rings (SSSR count). The fourth-order valence-corrected chi connectivity index (χ4v) is 2.89. The Labute approximate surface area is 102 Å². The van der Waals surface area contributed by atoms with Crippen molar-refractivity contribution < 1.29 is 0 Å². The van der Waals surface area contributed by atoms with E-state index in [0.717, 1.165) is 25.3 Å². The first-order chi connectivity index (χ1) is 7.85. The molecular weight excluding hydrogens is 218 g/mol. The van der Waals surface area contributed by atoms with Crippen LogP contribution >= 0.6 is 11.5 Å². The van der Waals surface area contributed by atoms with E-state index in [0.29, 0.717) is 6.04 Å². The van der Waals surface area contributed by atoms with Crippen LogP contribution in [0.1, 0.15) is 56.1 Å². The Balaban J connectivity index is 2.05. The van der Waals surface area contributed by atoms with Gasteiger partial charge in [0.25, 0.3) is 0 Å². The van der Waals surface area contributed by atoms with E-state index < -0.39 is 0 Å². The van der Waals surface area contributed by atoms with Crippen LogP contribution in [0.5, 0.6) is 0 Å². The third-order valence-corrected chi connectivity index (χ3v) is 3.99. The molecule has 16 heavy (non-hydrogen) atoms. The maximum atomic E-state index is 4.27. The van der Waals surface area contributed by atoms with Crippen LogP contribution in [-0.4, -0.2) is 16.1 Å². The third kappa shape index (κ3) is 3.01. The highest BCUT2D eigenvalue weighted by molar-refractivity contribution is 7.05. The van der Waals surface area contributed by atoms with Crippen molar-refractivity contribution in [3.63, 3.8) is 0 Å². The highest BCUT2D eigenvalue weighted by Crippen LogP contribution is 2.39. The van der Waals surface area contributed by atoms with Gasteiger partial charge in [0.1, 0.15) is 0 Å². The van der Waals surface area contributed by atoms with Crippen LogP contribution in [-0.2, 0) is 6.42 Å². The zero-order valence-corrected chi connectivity index (χ0v) is 11.0. The third-order valence-electron chi connectivity index (χ3n) is 3.10. The van der Waals surface area contributed by atoms with Gasteiger partial charge in [0.15, 0.2) is 0 Å². The molecular formula is C12H21N3S. The van der Waals surface area contributed by atoms with Crippen LogP contribution in [0.3, 0.4) is 0 Å². The maximum absolute atomic E-state index is 4.27. The summed E-state index contributed by atoms with van der Waals surface area (Å²) >= 11 is 1.58. The molecule has 3 nitrogen and oxygen atoms in total. The van der Waals surface area contributed by atoms with Gasteiger partial charge in [-0.05, 0) is 36.8 Å². The summed E-state index contributed by atoms with van der Waals surface area (Å²) in [6.07, 6.45) is 6.32. The van der Waals surface area contributed by atoms with Crippen LogP contribution in [0.2, 0.25) is 0 Å². The number of hydrogen-bond donors (Lipinski definition) is 1. The predicted molar refractivity (Wildman–Crippen MR) is 67.7 cm³/mol. The topological polar surface area (TPSA) is 37.8 Å². The molecule has 0 amide bonds. The van der Waals surface area contributed by atoms with Gasteiger partial charge in [0.2, 0.25) is 0 Å². The summed E-state index contributed by atoms with van der Waals surface area (Å²) in [5.41, 5.74) is 1.22. The number of nitrogens with zero attached hydrogens (tertiary/aromatic N) is 2. The Morgan fingerprint density at radius 2 is 2.25 bits per heavy atom. The van der Waals surface area contributed by atoms with E-state index in [-0.39, 0.29) is 0 Å². The quantitative estimate of drug-likeness (QED) is 0.795. The van der Waals surface area contributed by atoms with Gasteiger partial charge in [-0.3, -0.25) is 0 Å². The summed E-state index contributed by atoms with van der Waals surface area (Å²) < 4.78 is 4.12.